The number of nitrogens with two attached hydrogens (primary N) is 1. The van der Waals surface area contributed by atoms with E-state index in [1.165, 1.54) is 20.8 Å². The first-order valence-corrected chi connectivity index (χ1v) is 13.7. The number of likely N-dealkylation sites (N-methyl/N-ethyl adjacent to an activating group) is 2. The fourth-order valence-electron chi connectivity index (χ4n) is 4.16. The van der Waals surface area contributed by atoms with E-state index in [9.17, 15) is 4.79 Å². The Balaban J connectivity index is 1.74. The van der Waals surface area contributed by atoms with Crippen LogP contribution in [-0.2, 0) is 9.53 Å². The molecule has 0 saturated heterocycles. The summed E-state index contributed by atoms with van der Waals surface area (Å²) in [6.45, 7) is 1.62. The molecule has 0 heterocycles. The SMILES string of the molecule is CN(CC(=O)N(C)CCOCC[PH](c1ccccc1)(c1ccccc1)c1ccccc1)C(=N)N. The summed E-state index contributed by atoms with van der Waals surface area (Å²) in [5, 5.41) is 11.5. The molecule has 0 saturated carbocycles. The summed E-state index contributed by atoms with van der Waals surface area (Å²) < 4.78 is 6.09. The second-order valence-electron chi connectivity index (χ2n) is 8.42. The second-order valence-corrected chi connectivity index (χ2v) is 12.5. The molecule has 3 rings (SSSR count). The van der Waals surface area contributed by atoms with Crippen LogP contribution < -0.4 is 21.6 Å². The number of rotatable bonds is 11. The van der Waals surface area contributed by atoms with E-state index in [0.29, 0.717) is 19.8 Å². The van der Waals surface area contributed by atoms with Crippen LogP contribution in [0, 0.1) is 5.41 Å². The third-order valence-corrected chi connectivity index (χ3v) is 11.1. The van der Waals surface area contributed by atoms with Gasteiger partial charge in [-0.05, 0) is 0 Å². The zero-order valence-corrected chi connectivity index (χ0v) is 21.0. The number of nitrogens with one attached hydrogen (secondary N) is 1. The number of nitrogens with zero attached hydrogens (tertiary/aromatic N) is 2. The maximum absolute atomic E-state index is 12.3. The van der Waals surface area contributed by atoms with E-state index in [1.807, 2.05) is 0 Å². The zero-order valence-electron chi connectivity index (χ0n) is 20.0. The van der Waals surface area contributed by atoms with Crippen LogP contribution in [0.25, 0.3) is 0 Å². The first kappa shape index (κ1) is 25.4. The van der Waals surface area contributed by atoms with E-state index >= 15 is 0 Å². The Labute approximate surface area is 203 Å². The zero-order chi connectivity index (χ0) is 24.4. The molecule has 1 amide bonds. The van der Waals surface area contributed by atoms with Crippen LogP contribution in [0.5, 0.6) is 0 Å². The molecule has 3 N–H and O–H groups in total. The van der Waals surface area contributed by atoms with Gasteiger partial charge in [0.05, 0.1) is 0 Å². The van der Waals surface area contributed by atoms with Gasteiger partial charge in [0.25, 0.3) is 0 Å². The van der Waals surface area contributed by atoms with E-state index in [0.717, 1.165) is 6.16 Å². The summed E-state index contributed by atoms with van der Waals surface area (Å²) in [7, 11) is 1.07. The van der Waals surface area contributed by atoms with Crippen molar-refractivity contribution in [3.8, 4) is 0 Å². The standard InChI is InChI=1S/C27H35N4O2P/c1-30(26(32)22-31(2)27(28)29)18-19-33-20-21-34(23-12-6-3-7-13-23,24-14-8-4-9-15-24)25-16-10-5-11-17-25/h3-17,34H,18-22H2,1-2H3,(H3,28,29). The number of amides is 1. The molecule has 6 nitrogen and oxygen atoms in total. The van der Waals surface area contributed by atoms with Crippen molar-refractivity contribution in [2.24, 2.45) is 5.73 Å². The molecule has 0 unspecified atom stereocenters. The molecular weight excluding hydrogens is 443 g/mol. The predicted molar refractivity (Wildman–Crippen MR) is 144 cm³/mol. The predicted octanol–water partition coefficient (Wildman–Crippen LogP) is 2.01. The number of ether oxygens (including phenoxy) is 1. The van der Waals surface area contributed by atoms with Gasteiger partial charge in [-0.3, -0.25) is 0 Å². The normalized spacial score (nSPS) is 11.6. The maximum atomic E-state index is 12.3. The van der Waals surface area contributed by atoms with Crippen molar-refractivity contribution in [2.45, 2.75) is 0 Å². The van der Waals surface area contributed by atoms with E-state index in [1.54, 1.807) is 19.0 Å². The summed E-state index contributed by atoms with van der Waals surface area (Å²) in [6, 6.07) is 32.3. The van der Waals surface area contributed by atoms with E-state index < -0.39 is 7.26 Å². The second kappa shape index (κ2) is 12.3. The summed E-state index contributed by atoms with van der Waals surface area (Å²) in [4.78, 5) is 15.4. The minimum atomic E-state index is -2.31. The summed E-state index contributed by atoms with van der Waals surface area (Å²) in [5.74, 6) is -0.218. The molecule has 0 atom stereocenters. The first-order valence-electron chi connectivity index (χ1n) is 11.5. The van der Waals surface area contributed by atoms with Gasteiger partial charge < -0.3 is 0 Å². The third kappa shape index (κ3) is 6.22. The molecule has 0 aliphatic heterocycles. The third-order valence-electron chi connectivity index (χ3n) is 6.20. The van der Waals surface area contributed by atoms with Gasteiger partial charge in [-0.25, -0.2) is 0 Å². The number of carbonyl (C=O) groups excluding carboxylic acids is 1. The van der Waals surface area contributed by atoms with E-state index in [-0.39, 0.29) is 18.4 Å². The number of guanidine groups is 1. The van der Waals surface area contributed by atoms with E-state index in [2.05, 4.69) is 91.0 Å². The van der Waals surface area contributed by atoms with Gasteiger partial charge >= 0.3 is 203 Å². The Morgan fingerprint density at radius 1 is 0.794 bits per heavy atom. The first-order chi connectivity index (χ1) is 16.4. The van der Waals surface area contributed by atoms with Gasteiger partial charge in [-0.1, -0.05) is 0 Å². The fourth-order valence-corrected chi connectivity index (χ4v) is 8.76. The molecule has 34 heavy (non-hydrogen) atoms. The molecule has 0 aliphatic rings. The van der Waals surface area contributed by atoms with Gasteiger partial charge in [0.15, 0.2) is 0 Å². The van der Waals surface area contributed by atoms with Crippen LogP contribution in [-0.4, -0.2) is 68.2 Å². The van der Waals surface area contributed by atoms with Crippen LogP contribution in [0.3, 0.4) is 0 Å². The van der Waals surface area contributed by atoms with E-state index in [4.69, 9.17) is 15.9 Å². The Morgan fingerprint density at radius 2 is 1.24 bits per heavy atom. The summed E-state index contributed by atoms with van der Waals surface area (Å²) >= 11 is 0. The van der Waals surface area contributed by atoms with Gasteiger partial charge in [0, 0.05) is 0 Å². The number of carbonyl (C=O) groups is 1. The monoisotopic (exact) mass is 478 g/mol. The van der Waals surface area contributed by atoms with Crippen molar-refractivity contribution < 1.29 is 9.53 Å². The van der Waals surface area contributed by atoms with Crippen LogP contribution >= 0.6 is 7.26 Å². The van der Waals surface area contributed by atoms with Gasteiger partial charge in [0.2, 0.25) is 0 Å². The average molecular weight is 479 g/mol. The fraction of sp³-hybridized carbons (Fsp3) is 0.259. The molecule has 7 heteroatoms. The number of benzene rings is 3. The molecule has 0 fully saturated rings. The molecule has 0 aromatic heterocycles. The molecule has 0 radical (unpaired) electrons. The topological polar surface area (TPSA) is 82.7 Å². The molecule has 180 valence electrons. The minimum absolute atomic E-state index is 0.0812. The van der Waals surface area contributed by atoms with Crippen molar-refractivity contribution in [2.75, 3.05) is 46.6 Å². The van der Waals surface area contributed by atoms with Crippen LogP contribution in [0.1, 0.15) is 0 Å². The molecule has 0 aliphatic carbocycles. The van der Waals surface area contributed by atoms with Crippen LogP contribution in [0.4, 0.5) is 0 Å². The Bertz CT molecular complexity index is 951. The van der Waals surface area contributed by atoms with Crippen molar-refractivity contribution in [1.82, 2.24) is 9.80 Å². The quantitative estimate of drug-likeness (QED) is 0.191. The van der Waals surface area contributed by atoms with Gasteiger partial charge in [-0.2, -0.15) is 0 Å². The van der Waals surface area contributed by atoms with Gasteiger partial charge in [-0.15, -0.1) is 0 Å². The number of hydrogen-bond donors (Lipinski definition) is 2. The Morgan fingerprint density at radius 3 is 1.65 bits per heavy atom. The van der Waals surface area contributed by atoms with Crippen molar-refractivity contribution in [3.05, 3.63) is 91.0 Å². The van der Waals surface area contributed by atoms with Crippen LogP contribution in [0.2, 0.25) is 0 Å². The number of hydrogen-bond acceptors (Lipinski definition) is 3. The van der Waals surface area contributed by atoms with Gasteiger partial charge in [0.1, 0.15) is 0 Å². The average Bonchev–Trinajstić information content (AvgIpc) is 2.87. The Kier molecular flexibility index (Phi) is 9.20. The van der Waals surface area contributed by atoms with Crippen molar-refractivity contribution >= 4 is 35.0 Å². The molecular formula is C27H35N4O2P. The van der Waals surface area contributed by atoms with Crippen molar-refractivity contribution in [3.63, 3.8) is 0 Å². The van der Waals surface area contributed by atoms with Crippen molar-refractivity contribution in [1.29, 1.82) is 5.41 Å². The Hall–Kier alpha value is -3.21. The molecule has 3 aromatic rings. The molecule has 0 spiro atoms. The van der Waals surface area contributed by atoms with Crippen LogP contribution in [0.15, 0.2) is 91.0 Å². The molecule has 3 aromatic carbocycles. The summed E-state index contributed by atoms with van der Waals surface area (Å²) in [5.41, 5.74) is 5.43. The summed E-state index contributed by atoms with van der Waals surface area (Å²) in [6.07, 6.45) is 0.899. The molecule has 0 bridgehead atoms.